The van der Waals surface area contributed by atoms with Crippen LogP contribution >= 0.6 is 0 Å². The Kier molecular flexibility index (Phi) is 2.34. The second-order valence-electron chi connectivity index (χ2n) is 4.80. The maximum atomic E-state index is 9.70. The number of aliphatic hydroxyl groups is 1. The normalized spacial score (nSPS) is 52.7. The van der Waals surface area contributed by atoms with Crippen molar-refractivity contribution in [3.8, 4) is 0 Å². The highest BCUT2D eigenvalue weighted by atomic mass is 16.8. The van der Waals surface area contributed by atoms with E-state index in [9.17, 15) is 5.11 Å². The van der Waals surface area contributed by atoms with Crippen LogP contribution in [-0.4, -0.2) is 35.2 Å². The molecule has 1 heterocycles. The van der Waals surface area contributed by atoms with Gasteiger partial charge in [0, 0.05) is 12.0 Å². The minimum atomic E-state index is -0.589. The Morgan fingerprint density at radius 3 is 2.43 bits per heavy atom. The van der Waals surface area contributed by atoms with Crippen molar-refractivity contribution in [3.63, 3.8) is 0 Å². The van der Waals surface area contributed by atoms with E-state index in [2.05, 4.69) is 0 Å². The SMILES string of the molecule is CC(C)C1(C)O[C@@H]2[C@H](O1)[C@@H](O)C[C@H]2N. The molecule has 1 aliphatic heterocycles. The molecule has 4 heteroatoms. The van der Waals surface area contributed by atoms with Crippen LogP contribution in [0.5, 0.6) is 0 Å². The van der Waals surface area contributed by atoms with Crippen molar-refractivity contribution in [1.29, 1.82) is 0 Å². The molecule has 2 aliphatic rings. The van der Waals surface area contributed by atoms with Crippen molar-refractivity contribution >= 4 is 0 Å². The molecule has 0 radical (unpaired) electrons. The van der Waals surface area contributed by atoms with Crippen molar-refractivity contribution in [3.05, 3.63) is 0 Å². The fourth-order valence-corrected chi connectivity index (χ4v) is 2.15. The average Bonchev–Trinajstić information content (AvgIpc) is 2.54. The van der Waals surface area contributed by atoms with Crippen LogP contribution in [0.4, 0.5) is 0 Å². The van der Waals surface area contributed by atoms with Crippen LogP contribution < -0.4 is 5.73 Å². The Labute approximate surface area is 84.4 Å². The Bertz CT molecular complexity index is 215. The molecule has 0 bridgehead atoms. The lowest BCUT2D eigenvalue weighted by Gasteiger charge is -2.29. The number of ether oxygens (including phenoxy) is 2. The smallest absolute Gasteiger partial charge is 0.168 e. The summed E-state index contributed by atoms with van der Waals surface area (Å²) >= 11 is 0. The molecule has 0 spiro atoms. The Morgan fingerprint density at radius 2 is 1.93 bits per heavy atom. The van der Waals surface area contributed by atoms with Crippen LogP contribution in [-0.2, 0) is 9.47 Å². The summed E-state index contributed by atoms with van der Waals surface area (Å²) in [6.45, 7) is 5.99. The van der Waals surface area contributed by atoms with Gasteiger partial charge in [0.2, 0.25) is 0 Å². The first-order valence-electron chi connectivity index (χ1n) is 5.23. The second kappa shape index (κ2) is 3.17. The number of hydrogen-bond donors (Lipinski definition) is 2. The highest BCUT2D eigenvalue weighted by Crippen LogP contribution is 2.41. The fraction of sp³-hybridized carbons (Fsp3) is 1.00. The molecule has 1 aliphatic carbocycles. The van der Waals surface area contributed by atoms with E-state index in [1.54, 1.807) is 0 Å². The standard InChI is InChI=1S/C10H19NO3/c1-5(2)10(3)13-8-6(11)4-7(12)9(8)14-10/h5-9,12H,4,11H2,1-3H3/t6-,7+,8+,9-,10?/m1/s1. The van der Waals surface area contributed by atoms with Gasteiger partial charge in [0.05, 0.1) is 6.10 Å². The van der Waals surface area contributed by atoms with Crippen LogP contribution in [0.1, 0.15) is 27.2 Å². The summed E-state index contributed by atoms with van der Waals surface area (Å²) in [6, 6.07) is -0.101. The predicted octanol–water partition coefficient (Wildman–Crippen LogP) is 0.235. The molecule has 1 unspecified atom stereocenters. The average molecular weight is 201 g/mol. The monoisotopic (exact) mass is 201 g/mol. The zero-order chi connectivity index (χ0) is 10.5. The van der Waals surface area contributed by atoms with E-state index in [4.69, 9.17) is 15.2 Å². The maximum Gasteiger partial charge on any atom is 0.168 e. The largest absolute Gasteiger partial charge is 0.390 e. The summed E-state index contributed by atoms with van der Waals surface area (Å²) in [6.07, 6.45) is -0.283. The summed E-state index contributed by atoms with van der Waals surface area (Å²) < 4.78 is 11.6. The molecular weight excluding hydrogens is 182 g/mol. The number of fused-ring (bicyclic) bond motifs is 1. The van der Waals surface area contributed by atoms with E-state index in [0.29, 0.717) is 6.42 Å². The molecule has 4 nitrogen and oxygen atoms in total. The number of hydrogen-bond acceptors (Lipinski definition) is 4. The second-order valence-corrected chi connectivity index (χ2v) is 4.80. The Morgan fingerprint density at radius 1 is 1.36 bits per heavy atom. The van der Waals surface area contributed by atoms with E-state index < -0.39 is 11.9 Å². The predicted molar refractivity (Wildman–Crippen MR) is 51.6 cm³/mol. The van der Waals surface area contributed by atoms with E-state index in [1.807, 2.05) is 20.8 Å². The van der Waals surface area contributed by atoms with Crippen molar-refractivity contribution in [2.75, 3.05) is 0 Å². The molecule has 0 aromatic heterocycles. The van der Waals surface area contributed by atoms with Gasteiger partial charge in [-0.1, -0.05) is 13.8 Å². The van der Waals surface area contributed by atoms with Gasteiger partial charge >= 0.3 is 0 Å². The van der Waals surface area contributed by atoms with Crippen molar-refractivity contribution < 1.29 is 14.6 Å². The molecule has 1 saturated heterocycles. The van der Waals surface area contributed by atoms with Gasteiger partial charge in [-0.2, -0.15) is 0 Å². The molecule has 0 aromatic carbocycles. The third kappa shape index (κ3) is 1.37. The number of nitrogens with two attached hydrogens (primary N) is 1. The van der Waals surface area contributed by atoms with E-state index in [-0.39, 0.29) is 24.2 Å². The van der Waals surface area contributed by atoms with Gasteiger partial charge in [-0.25, -0.2) is 0 Å². The molecule has 14 heavy (non-hydrogen) atoms. The fourth-order valence-electron chi connectivity index (χ4n) is 2.15. The van der Waals surface area contributed by atoms with Crippen LogP contribution in [0.2, 0.25) is 0 Å². The zero-order valence-corrected chi connectivity index (χ0v) is 8.93. The summed E-state index contributed by atoms with van der Waals surface area (Å²) in [5.41, 5.74) is 5.87. The van der Waals surface area contributed by atoms with Crippen LogP contribution in [0.3, 0.4) is 0 Å². The lowest BCUT2D eigenvalue weighted by Crippen LogP contribution is -2.38. The van der Waals surface area contributed by atoms with Crippen LogP contribution in [0.25, 0.3) is 0 Å². The first-order valence-corrected chi connectivity index (χ1v) is 5.23. The lowest BCUT2D eigenvalue weighted by molar-refractivity contribution is -0.203. The van der Waals surface area contributed by atoms with Gasteiger partial charge < -0.3 is 20.3 Å². The van der Waals surface area contributed by atoms with Crippen LogP contribution in [0, 0.1) is 5.92 Å². The van der Waals surface area contributed by atoms with Gasteiger partial charge in [0.1, 0.15) is 12.2 Å². The molecule has 1 saturated carbocycles. The van der Waals surface area contributed by atoms with Gasteiger partial charge in [0.25, 0.3) is 0 Å². The molecule has 3 N–H and O–H groups in total. The van der Waals surface area contributed by atoms with Crippen LogP contribution in [0.15, 0.2) is 0 Å². The first kappa shape index (κ1) is 10.4. The van der Waals surface area contributed by atoms with Gasteiger partial charge in [-0.15, -0.1) is 0 Å². The van der Waals surface area contributed by atoms with Gasteiger partial charge in [0.15, 0.2) is 5.79 Å². The zero-order valence-electron chi connectivity index (χ0n) is 8.93. The number of aliphatic hydroxyl groups excluding tert-OH is 1. The molecule has 2 rings (SSSR count). The van der Waals surface area contributed by atoms with Crippen molar-refractivity contribution in [2.24, 2.45) is 11.7 Å². The Hall–Kier alpha value is -0.160. The van der Waals surface area contributed by atoms with Crippen molar-refractivity contribution in [2.45, 2.75) is 57.3 Å². The van der Waals surface area contributed by atoms with E-state index in [1.165, 1.54) is 0 Å². The summed E-state index contributed by atoms with van der Waals surface area (Å²) in [7, 11) is 0. The number of rotatable bonds is 1. The minimum absolute atomic E-state index is 0.101. The van der Waals surface area contributed by atoms with Gasteiger partial charge in [-0.05, 0) is 13.3 Å². The minimum Gasteiger partial charge on any atom is -0.390 e. The molecule has 0 aromatic rings. The van der Waals surface area contributed by atoms with E-state index in [0.717, 1.165) is 0 Å². The maximum absolute atomic E-state index is 9.70. The van der Waals surface area contributed by atoms with E-state index >= 15 is 0 Å². The van der Waals surface area contributed by atoms with Gasteiger partial charge in [-0.3, -0.25) is 0 Å². The highest BCUT2D eigenvalue weighted by Gasteiger charge is 2.55. The molecule has 5 atom stereocenters. The molecule has 82 valence electrons. The summed E-state index contributed by atoms with van der Waals surface area (Å²) in [4.78, 5) is 0. The third-order valence-electron chi connectivity index (χ3n) is 3.43. The molecular formula is C10H19NO3. The Balaban J connectivity index is 2.14. The quantitative estimate of drug-likeness (QED) is 0.637. The topological polar surface area (TPSA) is 64.7 Å². The third-order valence-corrected chi connectivity index (χ3v) is 3.43. The van der Waals surface area contributed by atoms with Crippen molar-refractivity contribution in [1.82, 2.24) is 0 Å². The summed E-state index contributed by atoms with van der Waals surface area (Å²) in [5, 5.41) is 9.70. The molecule has 2 fully saturated rings. The first-order chi connectivity index (χ1) is 6.44. The summed E-state index contributed by atoms with van der Waals surface area (Å²) in [5.74, 6) is -0.332. The lowest BCUT2D eigenvalue weighted by atomic mass is 10.1. The molecule has 0 amide bonds. The highest BCUT2D eigenvalue weighted by molar-refractivity contribution is 5.01.